The van der Waals surface area contributed by atoms with E-state index < -0.39 is 35.1 Å². The van der Waals surface area contributed by atoms with E-state index in [4.69, 9.17) is 8.83 Å². The van der Waals surface area contributed by atoms with Crippen LogP contribution in [0.4, 0.5) is 10.5 Å². The Morgan fingerprint density at radius 3 is 2.10 bits per heavy atom. The molecule has 2 aliphatic rings. The average Bonchev–Trinajstić information content (AvgIpc) is 3.69. The highest BCUT2D eigenvalue weighted by Crippen LogP contribution is 2.55. The SMILES string of the molecule is O=C(CCNN=C1CC(c2ccco2)C2(C(=O)NC(=O)NC2=O)C(c2ccco2)C1)Nc1ccc2ccccc2c1. The summed E-state index contributed by atoms with van der Waals surface area (Å²) >= 11 is 0. The number of amides is 5. The lowest BCUT2D eigenvalue weighted by Crippen LogP contribution is -2.67. The minimum absolute atomic E-state index is 0.169. The van der Waals surface area contributed by atoms with Gasteiger partial charge in [0.25, 0.3) is 0 Å². The molecule has 41 heavy (non-hydrogen) atoms. The first-order valence-electron chi connectivity index (χ1n) is 13.3. The third kappa shape index (κ3) is 4.86. The monoisotopic (exact) mass is 553 g/mol. The Morgan fingerprint density at radius 1 is 0.854 bits per heavy atom. The molecule has 0 bridgehead atoms. The average molecular weight is 554 g/mol. The molecule has 1 aliphatic heterocycles. The van der Waals surface area contributed by atoms with Gasteiger partial charge in [0.15, 0.2) is 0 Å². The van der Waals surface area contributed by atoms with Crippen molar-refractivity contribution in [2.75, 3.05) is 11.9 Å². The van der Waals surface area contributed by atoms with Gasteiger partial charge in [-0.15, -0.1) is 0 Å². The number of hydrogen-bond acceptors (Lipinski definition) is 8. The molecule has 0 radical (unpaired) electrons. The van der Waals surface area contributed by atoms with Crippen LogP contribution in [-0.2, 0) is 14.4 Å². The molecule has 1 saturated carbocycles. The van der Waals surface area contributed by atoms with Crippen LogP contribution < -0.4 is 21.4 Å². The van der Waals surface area contributed by atoms with Crippen molar-refractivity contribution in [3.05, 3.63) is 90.8 Å². The number of imide groups is 2. The lowest BCUT2D eigenvalue weighted by Gasteiger charge is -2.46. The van der Waals surface area contributed by atoms with Crippen molar-refractivity contribution in [2.24, 2.45) is 10.5 Å². The number of carbonyl (C=O) groups is 4. The molecule has 5 amide bonds. The van der Waals surface area contributed by atoms with Crippen molar-refractivity contribution >= 4 is 45.9 Å². The van der Waals surface area contributed by atoms with Gasteiger partial charge in [0.2, 0.25) is 17.7 Å². The number of fused-ring (bicyclic) bond motifs is 1. The van der Waals surface area contributed by atoms with Crippen LogP contribution in [0, 0.1) is 5.41 Å². The molecule has 3 heterocycles. The quantitative estimate of drug-likeness (QED) is 0.153. The van der Waals surface area contributed by atoms with E-state index in [0.717, 1.165) is 10.8 Å². The van der Waals surface area contributed by atoms with Crippen molar-refractivity contribution in [3.8, 4) is 0 Å². The van der Waals surface area contributed by atoms with Crippen LogP contribution in [0.15, 0.2) is 93.2 Å². The summed E-state index contributed by atoms with van der Waals surface area (Å²) in [4.78, 5) is 51.5. The normalized spacial score (nSPS) is 20.0. The molecular weight excluding hydrogens is 526 g/mol. The standard InChI is InChI=1S/C30H27N5O6/c36-26(32-20-10-9-18-5-1-2-6-19(18)15-20)11-12-31-35-21-16-22(24-7-3-13-40-24)30(23(17-21)25-8-4-14-41-25)27(37)33-29(39)34-28(30)38/h1-10,13-15,22-23,31H,11-12,16-17H2,(H,32,36)(H2,33,34,37,38,39). The van der Waals surface area contributed by atoms with Gasteiger partial charge in [-0.25, -0.2) is 4.79 Å². The topological polar surface area (TPSA) is 155 Å². The molecule has 11 nitrogen and oxygen atoms in total. The largest absolute Gasteiger partial charge is 0.469 e. The number of hydrazone groups is 1. The smallest absolute Gasteiger partial charge is 0.328 e. The zero-order chi connectivity index (χ0) is 28.4. The molecule has 1 saturated heterocycles. The van der Waals surface area contributed by atoms with Gasteiger partial charge in [-0.3, -0.25) is 25.0 Å². The first-order chi connectivity index (χ1) is 19.9. The number of nitrogens with zero attached hydrogens (tertiary/aromatic N) is 1. The fourth-order valence-electron chi connectivity index (χ4n) is 5.85. The molecule has 1 aliphatic carbocycles. The fraction of sp³-hybridized carbons (Fsp3) is 0.233. The Balaban J connectivity index is 1.20. The summed E-state index contributed by atoms with van der Waals surface area (Å²) in [6.07, 6.45) is 3.51. The van der Waals surface area contributed by atoms with Gasteiger partial charge in [-0.1, -0.05) is 30.3 Å². The minimum Gasteiger partial charge on any atom is -0.469 e. The second-order valence-electron chi connectivity index (χ2n) is 10.1. The molecule has 11 heteroatoms. The highest BCUT2D eigenvalue weighted by molar-refractivity contribution is 6.21. The van der Waals surface area contributed by atoms with E-state index in [0.29, 0.717) is 22.9 Å². The van der Waals surface area contributed by atoms with Crippen LogP contribution in [0.2, 0.25) is 0 Å². The number of anilines is 1. The predicted molar refractivity (Wildman–Crippen MR) is 149 cm³/mol. The van der Waals surface area contributed by atoms with E-state index >= 15 is 0 Å². The summed E-state index contributed by atoms with van der Waals surface area (Å²) in [7, 11) is 0. The van der Waals surface area contributed by atoms with Gasteiger partial charge in [0.05, 0.1) is 12.5 Å². The maximum Gasteiger partial charge on any atom is 0.328 e. The summed E-state index contributed by atoms with van der Waals surface area (Å²) in [5.41, 5.74) is 2.63. The van der Waals surface area contributed by atoms with E-state index in [1.54, 1.807) is 24.3 Å². The van der Waals surface area contributed by atoms with Gasteiger partial charge in [0, 0.05) is 36.2 Å². The first kappa shape index (κ1) is 26.1. The molecule has 4 N–H and O–H groups in total. The molecule has 208 valence electrons. The molecule has 6 rings (SSSR count). The number of urea groups is 1. The number of hydrogen-bond donors (Lipinski definition) is 4. The summed E-state index contributed by atoms with van der Waals surface area (Å²) in [6.45, 7) is 0.264. The Hall–Kier alpha value is -5.19. The minimum atomic E-state index is -1.71. The summed E-state index contributed by atoms with van der Waals surface area (Å²) in [5, 5.41) is 14.1. The van der Waals surface area contributed by atoms with Gasteiger partial charge in [-0.2, -0.15) is 5.10 Å². The third-order valence-corrected chi connectivity index (χ3v) is 7.69. The number of furan rings is 2. The zero-order valence-corrected chi connectivity index (χ0v) is 21.9. The predicted octanol–water partition coefficient (Wildman–Crippen LogP) is 4.01. The summed E-state index contributed by atoms with van der Waals surface area (Å²) < 4.78 is 11.3. The van der Waals surface area contributed by atoms with Crippen molar-refractivity contribution in [3.63, 3.8) is 0 Å². The van der Waals surface area contributed by atoms with E-state index in [2.05, 4.69) is 26.5 Å². The summed E-state index contributed by atoms with van der Waals surface area (Å²) in [5.74, 6) is -2.33. The lowest BCUT2D eigenvalue weighted by atomic mass is 9.56. The van der Waals surface area contributed by atoms with E-state index in [1.807, 2.05) is 42.5 Å². The van der Waals surface area contributed by atoms with Crippen molar-refractivity contribution in [1.29, 1.82) is 0 Å². The third-order valence-electron chi connectivity index (χ3n) is 7.69. The molecule has 2 aromatic carbocycles. The van der Waals surface area contributed by atoms with Crippen LogP contribution in [0.25, 0.3) is 10.8 Å². The highest BCUT2D eigenvalue weighted by Gasteiger charge is 2.64. The highest BCUT2D eigenvalue weighted by atomic mass is 16.3. The van der Waals surface area contributed by atoms with Crippen LogP contribution in [0.5, 0.6) is 0 Å². The number of nitrogens with one attached hydrogen (secondary N) is 4. The Morgan fingerprint density at radius 2 is 1.49 bits per heavy atom. The van der Waals surface area contributed by atoms with Gasteiger partial charge in [0.1, 0.15) is 16.9 Å². The Labute approximate surface area is 234 Å². The van der Waals surface area contributed by atoms with E-state index in [1.165, 1.54) is 12.5 Å². The molecule has 2 atom stereocenters. The molecule has 2 unspecified atom stereocenters. The second-order valence-corrected chi connectivity index (χ2v) is 10.1. The first-order valence-corrected chi connectivity index (χ1v) is 13.3. The number of carbonyl (C=O) groups excluding carboxylic acids is 4. The Kier molecular flexibility index (Phi) is 6.84. The molecule has 2 aromatic heterocycles. The van der Waals surface area contributed by atoms with Crippen LogP contribution in [0.3, 0.4) is 0 Å². The number of benzene rings is 2. The Bertz CT molecular complexity index is 1570. The number of barbiturate groups is 1. The lowest BCUT2D eigenvalue weighted by molar-refractivity contribution is -0.149. The molecule has 1 spiro atoms. The molecule has 4 aromatic rings. The maximum absolute atomic E-state index is 13.5. The molecular formula is C30H27N5O6. The van der Waals surface area contributed by atoms with Crippen molar-refractivity contribution in [2.45, 2.75) is 31.1 Å². The van der Waals surface area contributed by atoms with Gasteiger partial charge < -0.3 is 19.6 Å². The van der Waals surface area contributed by atoms with Crippen LogP contribution >= 0.6 is 0 Å². The van der Waals surface area contributed by atoms with Crippen molar-refractivity contribution in [1.82, 2.24) is 16.1 Å². The fourth-order valence-corrected chi connectivity index (χ4v) is 5.85. The van der Waals surface area contributed by atoms with E-state index in [-0.39, 0.29) is 31.7 Å². The number of rotatable bonds is 7. The zero-order valence-electron chi connectivity index (χ0n) is 21.9. The van der Waals surface area contributed by atoms with Crippen LogP contribution in [0.1, 0.15) is 42.6 Å². The van der Waals surface area contributed by atoms with Crippen molar-refractivity contribution < 1.29 is 28.0 Å². The van der Waals surface area contributed by atoms with E-state index in [9.17, 15) is 19.2 Å². The molecule has 2 fully saturated rings. The van der Waals surface area contributed by atoms with Gasteiger partial charge in [-0.05, 0) is 60.0 Å². The van der Waals surface area contributed by atoms with Gasteiger partial charge >= 0.3 is 6.03 Å². The summed E-state index contributed by atoms with van der Waals surface area (Å²) in [6, 6.07) is 19.5. The van der Waals surface area contributed by atoms with Crippen LogP contribution in [-0.4, -0.2) is 36.0 Å². The maximum atomic E-state index is 13.5. The second kappa shape index (κ2) is 10.8.